The summed E-state index contributed by atoms with van der Waals surface area (Å²) in [6, 6.07) is 8.22. The van der Waals surface area contributed by atoms with E-state index in [0.717, 1.165) is 6.07 Å². The molecule has 12 heteroatoms. The molecule has 2 amide bonds. The fourth-order valence-electron chi connectivity index (χ4n) is 2.70. The first kappa shape index (κ1) is 21.6. The van der Waals surface area contributed by atoms with Crippen LogP contribution in [-0.4, -0.2) is 60.6 Å². The molecular weight excluding hydrogens is 410 g/mol. The molecule has 1 aliphatic rings. The SMILES string of the molecule is O=C(COC(=O)c1ccc(N2CCOCC2)nc1)NNC(=O)c1cccc([N+](=O)[O-])c1. The number of benzene rings is 1. The zero-order chi connectivity index (χ0) is 22.2. The van der Waals surface area contributed by atoms with E-state index in [9.17, 15) is 24.5 Å². The van der Waals surface area contributed by atoms with Gasteiger partial charge in [-0.1, -0.05) is 6.07 Å². The lowest BCUT2D eigenvalue weighted by molar-refractivity contribution is -0.384. The standard InChI is InChI=1S/C19H19N5O7/c25-17(21-22-18(26)13-2-1-3-15(10-13)24(28)29)12-31-19(27)14-4-5-16(20-11-14)23-6-8-30-9-7-23/h1-5,10-11H,6-9,12H2,(H,21,25)(H,22,26). The highest BCUT2D eigenvalue weighted by Gasteiger charge is 2.16. The van der Waals surface area contributed by atoms with Gasteiger partial charge >= 0.3 is 5.97 Å². The van der Waals surface area contributed by atoms with Crippen LogP contribution in [-0.2, 0) is 14.3 Å². The number of nitrogens with one attached hydrogen (secondary N) is 2. The first-order valence-corrected chi connectivity index (χ1v) is 9.23. The van der Waals surface area contributed by atoms with E-state index in [4.69, 9.17) is 9.47 Å². The molecule has 1 aromatic heterocycles. The topological polar surface area (TPSA) is 153 Å². The van der Waals surface area contributed by atoms with Crippen molar-refractivity contribution in [1.29, 1.82) is 0 Å². The number of nitro benzene ring substituents is 1. The van der Waals surface area contributed by atoms with E-state index in [2.05, 4.69) is 15.8 Å². The summed E-state index contributed by atoms with van der Waals surface area (Å²) < 4.78 is 10.2. The van der Waals surface area contributed by atoms with Crippen LogP contribution < -0.4 is 15.8 Å². The molecule has 12 nitrogen and oxygen atoms in total. The molecule has 0 radical (unpaired) electrons. The highest BCUT2D eigenvalue weighted by Crippen LogP contribution is 2.14. The molecule has 2 N–H and O–H groups in total. The Morgan fingerprint density at radius 3 is 2.58 bits per heavy atom. The van der Waals surface area contributed by atoms with E-state index in [-0.39, 0.29) is 16.8 Å². The van der Waals surface area contributed by atoms with Crippen molar-refractivity contribution in [3.8, 4) is 0 Å². The number of nitrogens with zero attached hydrogens (tertiary/aromatic N) is 3. The van der Waals surface area contributed by atoms with Gasteiger partial charge in [0.25, 0.3) is 17.5 Å². The average molecular weight is 429 g/mol. The third kappa shape index (κ3) is 5.96. The van der Waals surface area contributed by atoms with E-state index in [0.29, 0.717) is 32.1 Å². The van der Waals surface area contributed by atoms with Gasteiger partial charge in [-0.15, -0.1) is 0 Å². The molecule has 0 aliphatic carbocycles. The number of rotatable bonds is 6. The molecule has 2 aromatic rings. The number of carbonyl (C=O) groups excluding carboxylic acids is 3. The maximum absolute atomic E-state index is 12.1. The Bertz CT molecular complexity index is 974. The third-order valence-corrected chi connectivity index (χ3v) is 4.29. The summed E-state index contributed by atoms with van der Waals surface area (Å²) in [4.78, 5) is 52.2. The lowest BCUT2D eigenvalue weighted by atomic mass is 10.2. The fourth-order valence-corrected chi connectivity index (χ4v) is 2.70. The number of non-ortho nitro benzene ring substituents is 1. The minimum absolute atomic E-state index is 0.0158. The van der Waals surface area contributed by atoms with Crippen LogP contribution in [0.4, 0.5) is 11.5 Å². The van der Waals surface area contributed by atoms with Crippen molar-refractivity contribution in [2.75, 3.05) is 37.8 Å². The van der Waals surface area contributed by atoms with Crippen LogP contribution >= 0.6 is 0 Å². The molecule has 31 heavy (non-hydrogen) atoms. The second-order valence-electron chi connectivity index (χ2n) is 6.39. The van der Waals surface area contributed by atoms with Crippen LogP contribution in [0.2, 0.25) is 0 Å². The molecule has 0 saturated carbocycles. The number of nitro groups is 1. The number of morpholine rings is 1. The number of hydrogen-bond donors (Lipinski definition) is 2. The maximum Gasteiger partial charge on any atom is 0.340 e. The molecule has 3 rings (SSSR count). The molecule has 0 spiro atoms. The number of ether oxygens (including phenoxy) is 2. The number of pyridine rings is 1. The summed E-state index contributed by atoms with van der Waals surface area (Å²) in [5.74, 6) is -1.58. The van der Waals surface area contributed by atoms with E-state index in [1.807, 2.05) is 4.90 Å². The van der Waals surface area contributed by atoms with Crippen LogP contribution in [0, 0.1) is 10.1 Å². The van der Waals surface area contributed by atoms with Crippen LogP contribution in [0.25, 0.3) is 0 Å². The second-order valence-corrected chi connectivity index (χ2v) is 6.39. The van der Waals surface area contributed by atoms with Crippen molar-refractivity contribution in [3.63, 3.8) is 0 Å². The lowest BCUT2D eigenvalue weighted by Crippen LogP contribution is -2.43. The van der Waals surface area contributed by atoms with E-state index < -0.39 is 29.3 Å². The molecule has 1 saturated heterocycles. The lowest BCUT2D eigenvalue weighted by Gasteiger charge is -2.27. The molecule has 0 bridgehead atoms. The van der Waals surface area contributed by atoms with E-state index in [1.54, 1.807) is 12.1 Å². The van der Waals surface area contributed by atoms with Gasteiger partial charge in [0.1, 0.15) is 5.82 Å². The zero-order valence-corrected chi connectivity index (χ0v) is 16.3. The van der Waals surface area contributed by atoms with Gasteiger partial charge in [-0.25, -0.2) is 9.78 Å². The largest absolute Gasteiger partial charge is 0.452 e. The number of amides is 2. The van der Waals surface area contributed by atoms with Gasteiger partial charge in [-0.05, 0) is 18.2 Å². The molecule has 0 atom stereocenters. The quantitative estimate of drug-likeness (QED) is 0.378. The molecule has 1 fully saturated rings. The van der Waals surface area contributed by atoms with Crippen molar-refractivity contribution in [2.45, 2.75) is 0 Å². The molecule has 1 aromatic carbocycles. The van der Waals surface area contributed by atoms with Crippen molar-refractivity contribution in [1.82, 2.24) is 15.8 Å². The summed E-state index contributed by atoms with van der Waals surface area (Å²) in [7, 11) is 0. The Balaban J connectivity index is 1.44. The number of aromatic nitrogens is 1. The Morgan fingerprint density at radius 1 is 1.13 bits per heavy atom. The number of carbonyl (C=O) groups is 3. The number of hydrogen-bond acceptors (Lipinski definition) is 9. The summed E-state index contributed by atoms with van der Waals surface area (Å²) >= 11 is 0. The Labute approximate surface area is 176 Å². The summed E-state index contributed by atoms with van der Waals surface area (Å²) in [5, 5.41) is 10.8. The molecular formula is C19H19N5O7. The first-order valence-electron chi connectivity index (χ1n) is 9.23. The van der Waals surface area contributed by atoms with Crippen LogP contribution in [0.15, 0.2) is 42.6 Å². The maximum atomic E-state index is 12.1. The highest BCUT2D eigenvalue weighted by atomic mass is 16.6. The normalized spacial score (nSPS) is 13.2. The minimum atomic E-state index is -0.787. The zero-order valence-electron chi connectivity index (χ0n) is 16.3. The minimum Gasteiger partial charge on any atom is -0.452 e. The Morgan fingerprint density at radius 2 is 1.90 bits per heavy atom. The Kier molecular flexibility index (Phi) is 7.06. The van der Waals surface area contributed by atoms with E-state index >= 15 is 0 Å². The van der Waals surface area contributed by atoms with Crippen LogP contribution in [0.1, 0.15) is 20.7 Å². The Hall–Kier alpha value is -4.06. The van der Waals surface area contributed by atoms with Gasteiger partial charge in [-0.2, -0.15) is 0 Å². The third-order valence-electron chi connectivity index (χ3n) is 4.29. The average Bonchev–Trinajstić information content (AvgIpc) is 2.81. The molecule has 1 aliphatic heterocycles. The van der Waals surface area contributed by atoms with Crippen molar-refractivity contribution >= 4 is 29.3 Å². The first-order chi connectivity index (χ1) is 14.9. The van der Waals surface area contributed by atoms with Crippen LogP contribution in [0.5, 0.6) is 0 Å². The smallest absolute Gasteiger partial charge is 0.340 e. The van der Waals surface area contributed by atoms with Crippen molar-refractivity contribution in [2.24, 2.45) is 0 Å². The summed E-state index contributed by atoms with van der Waals surface area (Å²) in [6.07, 6.45) is 1.36. The van der Waals surface area contributed by atoms with Crippen molar-refractivity contribution < 1.29 is 28.8 Å². The fraction of sp³-hybridized carbons (Fsp3) is 0.263. The van der Waals surface area contributed by atoms with Gasteiger partial charge in [0.15, 0.2) is 6.61 Å². The van der Waals surface area contributed by atoms with Crippen molar-refractivity contribution in [3.05, 3.63) is 63.8 Å². The predicted molar refractivity (Wildman–Crippen MR) is 106 cm³/mol. The van der Waals surface area contributed by atoms with Crippen LogP contribution in [0.3, 0.4) is 0 Å². The van der Waals surface area contributed by atoms with Gasteiger partial charge in [-0.3, -0.25) is 30.6 Å². The van der Waals surface area contributed by atoms with Gasteiger partial charge in [0.05, 0.1) is 23.7 Å². The molecule has 0 unspecified atom stereocenters. The number of hydrazine groups is 1. The monoisotopic (exact) mass is 429 g/mol. The number of anilines is 1. The molecule has 162 valence electrons. The number of esters is 1. The predicted octanol–water partition coefficient (Wildman–Crippen LogP) is 0.444. The highest BCUT2D eigenvalue weighted by molar-refractivity contribution is 5.96. The van der Waals surface area contributed by atoms with Gasteiger partial charge in [0.2, 0.25) is 0 Å². The molecule has 2 heterocycles. The summed E-state index contributed by atoms with van der Waals surface area (Å²) in [5.41, 5.74) is 4.05. The second kappa shape index (κ2) is 10.1. The summed E-state index contributed by atoms with van der Waals surface area (Å²) in [6.45, 7) is 1.99. The van der Waals surface area contributed by atoms with Gasteiger partial charge < -0.3 is 14.4 Å². The van der Waals surface area contributed by atoms with Gasteiger partial charge in [0, 0.05) is 37.0 Å². The van der Waals surface area contributed by atoms with E-state index in [1.165, 1.54) is 24.4 Å².